The van der Waals surface area contributed by atoms with Crippen LogP contribution in [0.3, 0.4) is 0 Å². The van der Waals surface area contributed by atoms with Gasteiger partial charge < -0.3 is 74.4 Å². The predicted octanol–water partition coefficient (Wildman–Crippen LogP) is -2.42. The zero-order valence-electron chi connectivity index (χ0n) is 22.1. The van der Waals surface area contributed by atoms with Gasteiger partial charge in [0, 0.05) is 17.7 Å². The first-order chi connectivity index (χ1) is 20.4. The summed E-state index contributed by atoms with van der Waals surface area (Å²) in [4.78, 5) is 13.7. The summed E-state index contributed by atoms with van der Waals surface area (Å²) in [6.07, 6.45) is -17.7. The second-order valence-electron chi connectivity index (χ2n) is 10.1. The fourth-order valence-corrected chi connectivity index (χ4v) is 4.92. The number of rotatable bonds is 7. The molecule has 43 heavy (non-hydrogen) atoms. The fraction of sp³-hybridized carbons (Fsp3) is 0.444. The van der Waals surface area contributed by atoms with Crippen LogP contribution in [0.5, 0.6) is 23.0 Å². The molecule has 0 unspecified atom stereocenters. The van der Waals surface area contributed by atoms with Crippen LogP contribution in [0.1, 0.15) is 0 Å². The molecule has 2 aliphatic heterocycles. The van der Waals surface area contributed by atoms with Crippen molar-refractivity contribution in [3.63, 3.8) is 0 Å². The molecule has 0 amide bonds. The Morgan fingerprint density at radius 1 is 0.721 bits per heavy atom. The normalized spacial score (nSPS) is 33.0. The topological polar surface area (TPSA) is 269 Å². The molecule has 2 aromatic carbocycles. The van der Waals surface area contributed by atoms with Crippen molar-refractivity contribution in [2.45, 2.75) is 61.4 Å². The van der Waals surface area contributed by atoms with Gasteiger partial charge in [0.05, 0.1) is 13.2 Å². The maximum atomic E-state index is 13.7. The van der Waals surface area contributed by atoms with Gasteiger partial charge >= 0.3 is 0 Å². The van der Waals surface area contributed by atoms with Crippen LogP contribution >= 0.6 is 0 Å². The highest BCUT2D eigenvalue weighted by molar-refractivity contribution is 5.88. The third-order valence-electron chi connectivity index (χ3n) is 7.25. The molecule has 3 aromatic rings. The van der Waals surface area contributed by atoms with Gasteiger partial charge in [-0.2, -0.15) is 0 Å². The van der Waals surface area contributed by atoms with E-state index in [0.717, 1.165) is 12.1 Å². The summed E-state index contributed by atoms with van der Waals surface area (Å²) >= 11 is 0. The summed E-state index contributed by atoms with van der Waals surface area (Å²) in [5, 5.41) is 101. The number of aliphatic hydroxyl groups excluding tert-OH is 7. The smallest absolute Gasteiger partial charge is 0.239 e. The summed E-state index contributed by atoms with van der Waals surface area (Å²) in [5.41, 5.74) is -1.07. The highest BCUT2D eigenvalue weighted by Crippen LogP contribution is 2.38. The van der Waals surface area contributed by atoms with Crippen LogP contribution in [0, 0.1) is 0 Å². The maximum Gasteiger partial charge on any atom is 0.239 e. The van der Waals surface area contributed by atoms with Gasteiger partial charge in [-0.25, -0.2) is 0 Å². The molecule has 2 saturated heterocycles. The van der Waals surface area contributed by atoms with E-state index in [-0.39, 0.29) is 22.7 Å². The Morgan fingerprint density at radius 3 is 1.95 bits per heavy atom. The largest absolute Gasteiger partial charge is 0.508 e. The Balaban J connectivity index is 1.60. The lowest BCUT2D eigenvalue weighted by Crippen LogP contribution is -2.65. The van der Waals surface area contributed by atoms with Gasteiger partial charge in [0.1, 0.15) is 70.9 Å². The van der Waals surface area contributed by atoms with Crippen molar-refractivity contribution in [3.05, 3.63) is 46.6 Å². The van der Waals surface area contributed by atoms with Gasteiger partial charge in [0.2, 0.25) is 17.5 Å². The van der Waals surface area contributed by atoms with Gasteiger partial charge in [0.25, 0.3) is 0 Å². The molecule has 10 N–H and O–H groups in total. The molecule has 2 aliphatic rings. The van der Waals surface area contributed by atoms with Crippen LogP contribution in [-0.4, -0.2) is 126 Å². The Hall–Kier alpha value is -3.55. The van der Waals surface area contributed by atoms with Crippen LogP contribution in [-0.2, 0) is 14.2 Å². The molecule has 0 bridgehead atoms. The number of aromatic hydroxyl groups is 3. The Morgan fingerprint density at radius 2 is 1.33 bits per heavy atom. The molecule has 0 spiro atoms. The van der Waals surface area contributed by atoms with E-state index in [1.165, 1.54) is 24.3 Å². The maximum absolute atomic E-state index is 13.7. The highest BCUT2D eigenvalue weighted by atomic mass is 16.8. The second-order valence-corrected chi connectivity index (χ2v) is 10.1. The number of aliphatic hydroxyl groups is 7. The standard InChI is InChI=1S/C27H30O16/c28-7-14-17(33)20(36)22(38)26(40-14)43-25-21(37)18(34)15(8-29)41-27(25)42-24-19(35)16-12(32)5-11(31)6-13(16)39-23(24)9-1-3-10(30)4-2-9/h1-6,14-15,17-18,20-22,25-34,36-38H,7-8H2/t14-,15-,17-,18-,20+,21+,22-,25-,26+,27-/m1/s1. The minimum atomic E-state index is -1.93. The molecular weight excluding hydrogens is 580 g/mol. The number of hydrogen-bond acceptors (Lipinski definition) is 16. The number of benzene rings is 2. The molecule has 0 aliphatic carbocycles. The predicted molar refractivity (Wildman–Crippen MR) is 140 cm³/mol. The van der Waals surface area contributed by atoms with Gasteiger partial charge in [-0.3, -0.25) is 4.79 Å². The van der Waals surface area contributed by atoms with E-state index in [0.29, 0.717) is 0 Å². The first kappa shape index (κ1) is 30.9. The summed E-state index contributed by atoms with van der Waals surface area (Å²) in [7, 11) is 0. The van der Waals surface area contributed by atoms with Gasteiger partial charge in [-0.15, -0.1) is 0 Å². The molecule has 16 nitrogen and oxygen atoms in total. The monoisotopic (exact) mass is 610 g/mol. The number of fused-ring (bicyclic) bond motifs is 1. The lowest BCUT2D eigenvalue weighted by atomic mass is 9.97. The lowest BCUT2D eigenvalue weighted by Gasteiger charge is -2.45. The summed E-state index contributed by atoms with van der Waals surface area (Å²) in [6, 6.07) is 7.20. The van der Waals surface area contributed by atoms with Gasteiger partial charge in [-0.1, -0.05) is 0 Å². The van der Waals surface area contributed by atoms with E-state index >= 15 is 0 Å². The van der Waals surface area contributed by atoms with Crippen molar-refractivity contribution in [2.75, 3.05) is 13.2 Å². The minimum Gasteiger partial charge on any atom is -0.508 e. The van der Waals surface area contributed by atoms with E-state index in [4.69, 9.17) is 23.4 Å². The Bertz CT molecular complexity index is 1490. The van der Waals surface area contributed by atoms with E-state index < -0.39 is 103 Å². The first-order valence-electron chi connectivity index (χ1n) is 13.0. The number of ether oxygens (including phenoxy) is 4. The molecule has 10 atom stereocenters. The zero-order valence-corrected chi connectivity index (χ0v) is 22.1. The molecular formula is C27H30O16. The van der Waals surface area contributed by atoms with E-state index in [9.17, 15) is 55.9 Å². The van der Waals surface area contributed by atoms with Crippen LogP contribution < -0.4 is 10.2 Å². The second kappa shape index (κ2) is 12.2. The van der Waals surface area contributed by atoms with Crippen LogP contribution in [0.15, 0.2) is 45.6 Å². The van der Waals surface area contributed by atoms with Crippen molar-refractivity contribution in [2.24, 2.45) is 0 Å². The summed E-state index contributed by atoms with van der Waals surface area (Å²) in [5.74, 6) is -2.15. The average molecular weight is 611 g/mol. The summed E-state index contributed by atoms with van der Waals surface area (Å²) in [6.45, 7) is -1.63. The molecule has 1 aromatic heterocycles. The van der Waals surface area contributed by atoms with E-state index in [1.807, 2.05) is 0 Å². The van der Waals surface area contributed by atoms with Crippen molar-refractivity contribution in [1.29, 1.82) is 0 Å². The lowest BCUT2D eigenvalue weighted by molar-refractivity contribution is -0.358. The third-order valence-corrected chi connectivity index (χ3v) is 7.25. The average Bonchev–Trinajstić information content (AvgIpc) is 2.97. The SMILES string of the molecule is O=c1c(O[C@H]2O[C@H](CO)[C@@H](O)[C@H](O)[C@H]2O[C@@H]2O[C@H](CO)[C@@H](O)[C@H](O)[C@H]2O)c(-c2ccc(O)cc2)oc2cc(O)cc(O)c12. The number of phenolic OH excluding ortho intramolecular Hbond substituents is 3. The van der Waals surface area contributed by atoms with Gasteiger partial charge in [0.15, 0.2) is 18.2 Å². The Labute approximate surface area is 241 Å². The molecule has 0 saturated carbocycles. The third kappa shape index (κ3) is 5.73. The molecule has 2 fully saturated rings. The Kier molecular flexibility index (Phi) is 8.77. The van der Waals surface area contributed by atoms with Crippen LogP contribution in [0.25, 0.3) is 22.3 Å². The van der Waals surface area contributed by atoms with Crippen molar-refractivity contribution >= 4 is 11.0 Å². The van der Waals surface area contributed by atoms with Crippen molar-refractivity contribution in [1.82, 2.24) is 0 Å². The fourth-order valence-electron chi connectivity index (χ4n) is 4.92. The molecule has 234 valence electrons. The quantitative estimate of drug-likeness (QED) is 0.133. The van der Waals surface area contributed by atoms with Crippen molar-refractivity contribution in [3.8, 4) is 34.3 Å². The van der Waals surface area contributed by atoms with Crippen LogP contribution in [0.2, 0.25) is 0 Å². The van der Waals surface area contributed by atoms with E-state index in [2.05, 4.69) is 0 Å². The first-order valence-corrected chi connectivity index (χ1v) is 13.0. The zero-order chi connectivity index (χ0) is 31.2. The van der Waals surface area contributed by atoms with Crippen molar-refractivity contribution < 1.29 is 74.4 Å². The molecule has 5 rings (SSSR count). The van der Waals surface area contributed by atoms with E-state index in [1.54, 1.807) is 0 Å². The molecule has 0 radical (unpaired) electrons. The minimum absolute atomic E-state index is 0.129. The highest BCUT2D eigenvalue weighted by Gasteiger charge is 2.51. The molecule has 3 heterocycles. The molecule has 16 heteroatoms. The summed E-state index contributed by atoms with van der Waals surface area (Å²) < 4.78 is 28.3. The number of phenols is 3. The number of hydrogen-bond donors (Lipinski definition) is 10. The van der Waals surface area contributed by atoms with Gasteiger partial charge in [-0.05, 0) is 24.3 Å². The van der Waals surface area contributed by atoms with Crippen LogP contribution in [0.4, 0.5) is 0 Å².